The minimum absolute atomic E-state index is 0.179. The van der Waals surface area contributed by atoms with Gasteiger partial charge >= 0.3 is 0 Å². The summed E-state index contributed by atoms with van der Waals surface area (Å²) < 4.78 is 7.64. The van der Waals surface area contributed by atoms with E-state index >= 15 is 0 Å². The molecule has 0 fully saturated rings. The number of nitrogens with one attached hydrogen (secondary N) is 2. The molecule has 1 atom stereocenters. The van der Waals surface area contributed by atoms with Crippen LogP contribution in [0.1, 0.15) is 51.7 Å². The quantitative estimate of drug-likeness (QED) is 0.515. The number of aryl methyl sites for hydroxylation is 2. The van der Waals surface area contributed by atoms with E-state index in [2.05, 4.69) is 25.9 Å². The molecule has 11 heteroatoms. The molecule has 1 aromatic carbocycles. The summed E-state index contributed by atoms with van der Waals surface area (Å²) in [6.45, 7) is 5.48. The van der Waals surface area contributed by atoms with Crippen LogP contribution in [0.4, 0.5) is 0 Å². The molecule has 0 spiro atoms. The second-order valence-corrected chi connectivity index (χ2v) is 8.98. The standard InChI is InChI=1S/C26H31N7O4/c1-18-7-8-22-23(14-18)37-13-5-12-33-17-21(30-31-33)16-32(26(36)20-6-3-9-27-15-20)11-4-10-28-24(34)19(2)29-25(22)35/h3,6-9,14-15,17,19H,4-5,10-13,16H2,1-2H3,(H,28,34)(H,29,35)/t19-/m1/s1. The summed E-state index contributed by atoms with van der Waals surface area (Å²) in [4.78, 5) is 44.4. The van der Waals surface area contributed by atoms with Crippen LogP contribution in [0.15, 0.2) is 48.9 Å². The number of rotatable bonds is 1. The molecule has 0 saturated heterocycles. The minimum atomic E-state index is -0.744. The Balaban J connectivity index is 1.52. The summed E-state index contributed by atoms with van der Waals surface area (Å²) in [6, 6.07) is 8.02. The summed E-state index contributed by atoms with van der Waals surface area (Å²) in [5.41, 5.74) is 2.46. The third-order valence-electron chi connectivity index (χ3n) is 5.95. The fourth-order valence-electron chi connectivity index (χ4n) is 3.96. The van der Waals surface area contributed by atoms with Crippen molar-refractivity contribution >= 4 is 17.7 Å². The van der Waals surface area contributed by atoms with Gasteiger partial charge in [0.2, 0.25) is 5.91 Å². The zero-order valence-electron chi connectivity index (χ0n) is 21.0. The van der Waals surface area contributed by atoms with Crippen molar-refractivity contribution in [3.63, 3.8) is 0 Å². The van der Waals surface area contributed by atoms with E-state index in [-0.39, 0.29) is 24.3 Å². The Morgan fingerprint density at radius 3 is 2.84 bits per heavy atom. The van der Waals surface area contributed by atoms with Crippen molar-refractivity contribution in [3.05, 3.63) is 71.3 Å². The van der Waals surface area contributed by atoms with Crippen LogP contribution < -0.4 is 15.4 Å². The van der Waals surface area contributed by atoms with Crippen molar-refractivity contribution in [1.82, 2.24) is 35.5 Å². The molecule has 37 heavy (non-hydrogen) atoms. The predicted molar refractivity (Wildman–Crippen MR) is 135 cm³/mol. The van der Waals surface area contributed by atoms with Crippen molar-refractivity contribution in [1.29, 1.82) is 0 Å². The van der Waals surface area contributed by atoms with Gasteiger partial charge in [0.1, 0.15) is 17.5 Å². The van der Waals surface area contributed by atoms with Crippen LogP contribution in [-0.2, 0) is 17.9 Å². The van der Waals surface area contributed by atoms with Crippen LogP contribution in [0.25, 0.3) is 0 Å². The van der Waals surface area contributed by atoms with Crippen LogP contribution in [0, 0.1) is 6.92 Å². The molecular weight excluding hydrogens is 474 g/mol. The number of aromatic nitrogens is 4. The van der Waals surface area contributed by atoms with Crippen LogP contribution in [-0.4, -0.2) is 68.3 Å². The average Bonchev–Trinajstić information content (AvgIpc) is 3.35. The molecule has 3 amide bonds. The zero-order chi connectivity index (χ0) is 26.2. The molecule has 0 aliphatic carbocycles. The molecule has 0 saturated carbocycles. The Bertz CT molecular complexity index is 1240. The predicted octanol–water partition coefficient (Wildman–Crippen LogP) is 1.73. The molecule has 3 heterocycles. The maximum absolute atomic E-state index is 13.1. The number of carbonyl (C=O) groups excluding carboxylic acids is 3. The Kier molecular flexibility index (Phi) is 8.44. The molecule has 0 unspecified atom stereocenters. The van der Waals surface area contributed by atoms with Gasteiger partial charge in [0.05, 0.1) is 30.5 Å². The number of nitrogens with zero attached hydrogens (tertiary/aromatic N) is 5. The molecule has 194 valence electrons. The van der Waals surface area contributed by atoms with E-state index in [9.17, 15) is 14.4 Å². The second kappa shape index (κ2) is 12.1. The highest BCUT2D eigenvalue weighted by molar-refractivity contribution is 5.99. The molecule has 2 N–H and O–H groups in total. The fourth-order valence-corrected chi connectivity index (χ4v) is 3.96. The van der Waals surface area contributed by atoms with E-state index in [1.807, 2.05) is 25.3 Å². The summed E-state index contributed by atoms with van der Waals surface area (Å²) in [6.07, 6.45) is 6.10. The number of carbonyl (C=O) groups is 3. The molecule has 2 aromatic heterocycles. The van der Waals surface area contributed by atoms with Crippen LogP contribution >= 0.6 is 0 Å². The number of fused-ring (bicyclic) bond motifs is 3. The molecule has 11 nitrogen and oxygen atoms in total. The minimum Gasteiger partial charge on any atom is -0.493 e. The number of amides is 3. The van der Waals surface area contributed by atoms with Crippen molar-refractivity contribution < 1.29 is 19.1 Å². The first-order valence-electron chi connectivity index (χ1n) is 12.3. The summed E-state index contributed by atoms with van der Waals surface area (Å²) in [5, 5.41) is 14.0. The van der Waals surface area contributed by atoms with Gasteiger partial charge in [-0.3, -0.25) is 24.0 Å². The van der Waals surface area contributed by atoms with Gasteiger partial charge in [0.15, 0.2) is 0 Å². The Hall–Kier alpha value is -4.28. The van der Waals surface area contributed by atoms with E-state index < -0.39 is 6.04 Å². The Labute approximate surface area is 215 Å². The SMILES string of the molecule is Cc1ccc2c(c1)OCCCn1cc(nn1)CN(C(=O)c1cccnc1)CCCNC(=O)[C@@H](C)NC2=O. The van der Waals surface area contributed by atoms with Crippen molar-refractivity contribution in [2.24, 2.45) is 0 Å². The summed E-state index contributed by atoms with van der Waals surface area (Å²) in [5.74, 6) is -0.410. The van der Waals surface area contributed by atoms with E-state index in [0.717, 1.165) is 5.56 Å². The number of hydrogen-bond acceptors (Lipinski definition) is 7. The highest BCUT2D eigenvalue weighted by Crippen LogP contribution is 2.21. The van der Waals surface area contributed by atoms with E-state index in [0.29, 0.717) is 61.7 Å². The maximum atomic E-state index is 13.1. The van der Waals surface area contributed by atoms with Gasteiger partial charge in [-0.15, -0.1) is 5.10 Å². The lowest BCUT2D eigenvalue weighted by Gasteiger charge is -2.22. The molecule has 0 radical (unpaired) electrons. The van der Waals surface area contributed by atoms with E-state index in [4.69, 9.17) is 4.74 Å². The highest BCUT2D eigenvalue weighted by atomic mass is 16.5. The fraction of sp³-hybridized carbons (Fsp3) is 0.385. The summed E-state index contributed by atoms with van der Waals surface area (Å²) >= 11 is 0. The van der Waals surface area contributed by atoms with Crippen molar-refractivity contribution in [2.75, 3.05) is 19.7 Å². The van der Waals surface area contributed by atoms with Gasteiger partial charge in [-0.25, -0.2) is 0 Å². The smallest absolute Gasteiger partial charge is 0.255 e. The lowest BCUT2D eigenvalue weighted by Crippen LogP contribution is -2.45. The number of ether oxygens (including phenoxy) is 1. The second-order valence-electron chi connectivity index (χ2n) is 8.98. The van der Waals surface area contributed by atoms with Crippen LogP contribution in [0.2, 0.25) is 0 Å². The lowest BCUT2D eigenvalue weighted by atomic mass is 10.1. The normalized spacial score (nSPS) is 17.8. The van der Waals surface area contributed by atoms with Gasteiger partial charge in [-0.05, 0) is 50.1 Å². The van der Waals surface area contributed by atoms with Crippen LogP contribution in [0.5, 0.6) is 5.75 Å². The largest absolute Gasteiger partial charge is 0.493 e. The highest BCUT2D eigenvalue weighted by Gasteiger charge is 2.21. The average molecular weight is 506 g/mol. The first kappa shape index (κ1) is 25.8. The maximum Gasteiger partial charge on any atom is 0.255 e. The van der Waals surface area contributed by atoms with Gasteiger partial charge in [0, 0.05) is 38.4 Å². The number of benzene rings is 1. The molecule has 1 aliphatic heterocycles. The summed E-state index contributed by atoms with van der Waals surface area (Å²) in [7, 11) is 0. The van der Waals surface area contributed by atoms with Crippen molar-refractivity contribution in [3.8, 4) is 5.75 Å². The molecule has 1 aliphatic rings. The van der Waals surface area contributed by atoms with E-state index in [1.165, 1.54) is 6.20 Å². The van der Waals surface area contributed by atoms with Crippen LogP contribution in [0.3, 0.4) is 0 Å². The first-order valence-corrected chi connectivity index (χ1v) is 12.3. The topological polar surface area (TPSA) is 131 Å². The Morgan fingerprint density at radius 1 is 1.16 bits per heavy atom. The number of hydrogen-bond donors (Lipinski definition) is 2. The molecule has 4 rings (SSSR count). The number of pyridine rings is 1. The van der Waals surface area contributed by atoms with Gasteiger partial charge in [-0.1, -0.05) is 11.3 Å². The zero-order valence-corrected chi connectivity index (χ0v) is 21.0. The van der Waals surface area contributed by atoms with Gasteiger partial charge < -0.3 is 20.3 Å². The Morgan fingerprint density at radius 2 is 2.03 bits per heavy atom. The molecule has 3 aromatic rings. The third-order valence-corrected chi connectivity index (χ3v) is 5.95. The molecule has 2 bridgehead atoms. The molecular formula is C26H31N7O4. The monoisotopic (exact) mass is 505 g/mol. The van der Waals surface area contributed by atoms with E-state index in [1.54, 1.807) is 40.9 Å². The third kappa shape index (κ3) is 6.90. The van der Waals surface area contributed by atoms with Gasteiger partial charge in [-0.2, -0.15) is 0 Å². The lowest BCUT2D eigenvalue weighted by molar-refractivity contribution is -0.122. The van der Waals surface area contributed by atoms with Crippen molar-refractivity contribution in [2.45, 2.75) is 45.8 Å². The van der Waals surface area contributed by atoms with Gasteiger partial charge in [0.25, 0.3) is 11.8 Å². The first-order chi connectivity index (χ1) is 17.9.